The van der Waals surface area contributed by atoms with E-state index in [1.165, 1.54) is 35.6 Å². The van der Waals surface area contributed by atoms with Crippen LogP contribution in [0.4, 0.5) is 10.3 Å². The van der Waals surface area contributed by atoms with E-state index in [1.807, 2.05) is 16.8 Å². The van der Waals surface area contributed by atoms with E-state index in [2.05, 4.69) is 10.5 Å². The summed E-state index contributed by atoms with van der Waals surface area (Å²) in [5.41, 5.74) is 8.21. The Labute approximate surface area is 168 Å². The highest BCUT2D eigenvalue weighted by Crippen LogP contribution is 2.40. The van der Waals surface area contributed by atoms with Crippen LogP contribution in [0.25, 0.3) is 22.4 Å². The van der Waals surface area contributed by atoms with Crippen molar-refractivity contribution in [3.05, 3.63) is 82.3 Å². The number of thiophene rings is 1. The number of amides is 2. The molecule has 0 spiro atoms. The predicted molar refractivity (Wildman–Crippen MR) is 108 cm³/mol. The van der Waals surface area contributed by atoms with E-state index >= 15 is 0 Å². The zero-order valence-electron chi connectivity index (χ0n) is 14.9. The molecule has 2 heterocycles. The Morgan fingerprint density at radius 1 is 1.07 bits per heavy atom. The monoisotopic (exact) mass is 407 g/mol. The molecule has 0 unspecified atom stereocenters. The highest BCUT2D eigenvalue weighted by molar-refractivity contribution is 7.08. The zero-order chi connectivity index (χ0) is 20.4. The molecular formula is C21H14FN3O3S. The van der Waals surface area contributed by atoms with Crippen molar-refractivity contribution >= 4 is 29.0 Å². The number of hydrogen-bond donors (Lipinski definition) is 2. The summed E-state index contributed by atoms with van der Waals surface area (Å²) in [7, 11) is 0. The van der Waals surface area contributed by atoms with E-state index in [0.29, 0.717) is 16.8 Å². The lowest BCUT2D eigenvalue weighted by atomic mass is 9.97. The molecule has 0 saturated carbocycles. The average molecular weight is 407 g/mol. The number of nitrogens with two attached hydrogens (primary N) is 1. The Balaban J connectivity index is 1.82. The van der Waals surface area contributed by atoms with Crippen molar-refractivity contribution in [2.45, 2.75) is 0 Å². The van der Waals surface area contributed by atoms with Gasteiger partial charge in [0.2, 0.25) is 11.8 Å². The quantitative estimate of drug-likeness (QED) is 0.507. The van der Waals surface area contributed by atoms with E-state index in [-0.39, 0.29) is 17.0 Å². The first kappa shape index (κ1) is 18.6. The second-order valence-electron chi connectivity index (χ2n) is 6.12. The van der Waals surface area contributed by atoms with Gasteiger partial charge >= 0.3 is 0 Å². The summed E-state index contributed by atoms with van der Waals surface area (Å²) < 4.78 is 18.6. The fourth-order valence-electron chi connectivity index (χ4n) is 2.91. The number of hydrogen-bond acceptors (Lipinski definition) is 5. The van der Waals surface area contributed by atoms with Gasteiger partial charge in [0, 0.05) is 27.6 Å². The molecular weight excluding hydrogens is 393 g/mol. The summed E-state index contributed by atoms with van der Waals surface area (Å²) in [6.07, 6.45) is 0. The van der Waals surface area contributed by atoms with Crippen molar-refractivity contribution in [1.82, 2.24) is 5.16 Å². The maximum absolute atomic E-state index is 13.1. The first-order chi connectivity index (χ1) is 14.0. The van der Waals surface area contributed by atoms with Gasteiger partial charge in [-0.1, -0.05) is 23.4 Å². The van der Waals surface area contributed by atoms with Crippen molar-refractivity contribution in [2.75, 3.05) is 5.32 Å². The minimum Gasteiger partial charge on any atom is -0.366 e. The second kappa shape index (κ2) is 7.69. The van der Waals surface area contributed by atoms with Crippen molar-refractivity contribution in [1.29, 1.82) is 0 Å². The molecule has 8 heteroatoms. The number of nitrogens with one attached hydrogen (secondary N) is 1. The number of benzene rings is 2. The minimum absolute atomic E-state index is 0.0641. The van der Waals surface area contributed by atoms with E-state index < -0.39 is 17.6 Å². The maximum atomic E-state index is 13.1. The number of primary amides is 1. The second-order valence-corrected chi connectivity index (χ2v) is 6.90. The van der Waals surface area contributed by atoms with Gasteiger partial charge in [-0.05, 0) is 41.8 Å². The van der Waals surface area contributed by atoms with Gasteiger partial charge in [-0.25, -0.2) is 4.39 Å². The van der Waals surface area contributed by atoms with Gasteiger partial charge in [0.05, 0.1) is 5.56 Å². The number of halogens is 1. The fraction of sp³-hybridized carbons (Fsp3) is 0. The number of nitrogens with zero attached hydrogens (tertiary/aromatic N) is 1. The molecule has 4 aromatic rings. The summed E-state index contributed by atoms with van der Waals surface area (Å²) >= 11 is 1.47. The lowest BCUT2D eigenvalue weighted by molar-refractivity contribution is 0.0998. The summed E-state index contributed by atoms with van der Waals surface area (Å²) in [5, 5.41) is 10.5. The van der Waals surface area contributed by atoms with E-state index in [0.717, 1.165) is 5.56 Å². The first-order valence-electron chi connectivity index (χ1n) is 8.53. The van der Waals surface area contributed by atoms with Gasteiger partial charge in [0.15, 0.2) is 0 Å². The number of rotatable bonds is 5. The standard InChI is InChI=1S/C21H14FN3O3S/c22-14-7-5-12(6-8-14)20(27)24-21-17(15-3-1-2-4-16(15)19(23)26)18(25-28-21)13-9-10-29-11-13/h1-11H,(H2,23,26)(H,24,27). The molecule has 2 aromatic heterocycles. The molecule has 0 aliphatic rings. The molecule has 0 bridgehead atoms. The summed E-state index contributed by atoms with van der Waals surface area (Å²) in [6.45, 7) is 0. The van der Waals surface area contributed by atoms with Crippen LogP contribution in [0.3, 0.4) is 0 Å². The van der Waals surface area contributed by atoms with Crippen LogP contribution in [-0.2, 0) is 0 Å². The number of carbonyl (C=O) groups is 2. The van der Waals surface area contributed by atoms with Gasteiger partial charge in [-0.2, -0.15) is 11.3 Å². The zero-order valence-corrected chi connectivity index (χ0v) is 15.7. The molecule has 0 fully saturated rings. The van der Waals surface area contributed by atoms with Crippen LogP contribution in [0.2, 0.25) is 0 Å². The van der Waals surface area contributed by atoms with Crippen LogP contribution >= 0.6 is 11.3 Å². The largest absolute Gasteiger partial charge is 0.366 e. The van der Waals surface area contributed by atoms with Gasteiger partial charge in [-0.3, -0.25) is 14.9 Å². The molecule has 0 radical (unpaired) electrons. The molecule has 0 saturated heterocycles. The highest BCUT2D eigenvalue weighted by atomic mass is 32.1. The molecule has 2 amide bonds. The third kappa shape index (κ3) is 3.65. The van der Waals surface area contributed by atoms with Crippen molar-refractivity contribution in [3.63, 3.8) is 0 Å². The molecule has 2 aromatic carbocycles. The van der Waals surface area contributed by atoms with E-state index in [9.17, 15) is 14.0 Å². The minimum atomic E-state index is -0.617. The molecule has 0 aliphatic carbocycles. The Morgan fingerprint density at radius 2 is 1.83 bits per heavy atom. The van der Waals surface area contributed by atoms with Crippen molar-refractivity contribution in [3.8, 4) is 22.4 Å². The number of carbonyl (C=O) groups excluding carboxylic acids is 2. The van der Waals surface area contributed by atoms with Crippen LogP contribution in [-0.4, -0.2) is 17.0 Å². The molecule has 6 nitrogen and oxygen atoms in total. The van der Waals surface area contributed by atoms with Crippen LogP contribution in [0.5, 0.6) is 0 Å². The fourth-order valence-corrected chi connectivity index (χ4v) is 3.55. The number of aromatic nitrogens is 1. The Morgan fingerprint density at radius 3 is 2.52 bits per heavy atom. The molecule has 144 valence electrons. The third-order valence-corrected chi connectivity index (χ3v) is 4.97. The molecule has 3 N–H and O–H groups in total. The van der Waals surface area contributed by atoms with E-state index in [1.54, 1.807) is 24.3 Å². The van der Waals surface area contributed by atoms with Gasteiger partial charge in [0.1, 0.15) is 11.5 Å². The normalized spacial score (nSPS) is 10.7. The summed E-state index contributed by atoms with van der Waals surface area (Å²) in [4.78, 5) is 24.6. The van der Waals surface area contributed by atoms with Crippen LogP contribution in [0.15, 0.2) is 69.9 Å². The Bertz CT molecular complexity index is 1180. The lowest BCUT2D eigenvalue weighted by Gasteiger charge is -2.09. The van der Waals surface area contributed by atoms with Gasteiger partial charge < -0.3 is 10.3 Å². The average Bonchev–Trinajstić information content (AvgIpc) is 3.38. The maximum Gasteiger partial charge on any atom is 0.258 e. The van der Waals surface area contributed by atoms with Gasteiger partial charge in [-0.15, -0.1) is 0 Å². The topological polar surface area (TPSA) is 98.2 Å². The molecule has 0 atom stereocenters. The summed E-state index contributed by atoms with van der Waals surface area (Å²) in [6, 6.07) is 13.7. The number of anilines is 1. The highest BCUT2D eigenvalue weighted by Gasteiger charge is 2.24. The summed E-state index contributed by atoms with van der Waals surface area (Å²) in [5.74, 6) is -1.50. The van der Waals surface area contributed by atoms with Crippen LogP contribution in [0, 0.1) is 5.82 Å². The Kier molecular flexibility index (Phi) is 4.92. The van der Waals surface area contributed by atoms with Crippen molar-refractivity contribution < 1.29 is 18.5 Å². The van der Waals surface area contributed by atoms with Crippen LogP contribution in [0.1, 0.15) is 20.7 Å². The van der Waals surface area contributed by atoms with Crippen molar-refractivity contribution in [2.24, 2.45) is 5.73 Å². The van der Waals surface area contributed by atoms with Crippen LogP contribution < -0.4 is 11.1 Å². The SMILES string of the molecule is NC(=O)c1ccccc1-c1c(-c2ccsc2)noc1NC(=O)c1ccc(F)cc1. The molecule has 4 rings (SSSR count). The first-order valence-corrected chi connectivity index (χ1v) is 9.47. The Hall–Kier alpha value is -3.78. The molecule has 29 heavy (non-hydrogen) atoms. The van der Waals surface area contributed by atoms with E-state index in [4.69, 9.17) is 10.3 Å². The molecule has 0 aliphatic heterocycles. The third-order valence-electron chi connectivity index (χ3n) is 4.28. The lowest BCUT2D eigenvalue weighted by Crippen LogP contribution is -2.14. The van der Waals surface area contributed by atoms with Gasteiger partial charge in [0.25, 0.3) is 5.91 Å². The smallest absolute Gasteiger partial charge is 0.258 e. The predicted octanol–water partition coefficient (Wildman–Crippen LogP) is 4.56.